The highest BCUT2D eigenvalue weighted by molar-refractivity contribution is 7.89. The van der Waals surface area contributed by atoms with Crippen LogP contribution in [-0.4, -0.2) is 63.2 Å². The third-order valence-corrected chi connectivity index (χ3v) is 6.66. The number of hydrogen-bond acceptors (Lipinski definition) is 6. The molecule has 0 spiro atoms. The van der Waals surface area contributed by atoms with E-state index in [4.69, 9.17) is 0 Å². The number of anilines is 2. The third-order valence-electron chi connectivity index (χ3n) is 4.61. The first-order valence-corrected chi connectivity index (χ1v) is 10.1. The Morgan fingerprint density at radius 3 is 2.19 bits per heavy atom. The Morgan fingerprint density at radius 1 is 0.962 bits per heavy atom. The van der Waals surface area contributed by atoms with Crippen LogP contribution < -0.4 is 9.80 Å². The van der Waals surface area contributed by atoms with Crippen molar-refractivity contribution in [2.45, 2.75) is 18.7 Å². The van der Waals surface area contributed by atoms with Crippen LogP contribution in [0.3, 0.4) is 0 Å². The van der Waals surface area contributed by atoms with Crippen LogP contribution in [0, 0.1) is 13.8 Å². The number of aromatic nitrogens is 2. The van der Waals surface area contributed by atoms with E-state index < -0.39 is 10.0 Å². The number of aryl methyl sites for hydroxylation is 2. The number of nitrogens with zero attached hydrogens (tertiary/aromatic N) is 5. The van der Waals surface area contributed by atoms with E-state index in [1.807, 2.05) is 57.1 Å². The molecule has 0 unspecified atom stereocenters. The van der Waals surface area contributed by atoms with Crippen molar-refractivity contribution in [1.29, 1.82) is 0 Å². The first-order chi connectivity index (χ1) is 12.3. The molecule has 26 heavy (non-hydrogen) atoms. The number of piperazine rings is 1. The summed E-state index contributed by atoms with van der Waals surface area (Å²) in [5, 5.41) is 8.45. The standard InChI is InChI=1S/C18H25N5O2S/c1-14-5-6-16(15(2)13-14)26(24,25)23-11-9-22(10-12-23)18-8-7-17(19-20-18)21(3)4/h5-8,13H,9-12H2,1-4H3. The fourth-order valence-corrected chi connectivity index (χ4v) is 4.74. The van der Waals surface area contributed by atoms with Crippen LogP contribution in [0.2, 0.25) is 0 Å². The van der Waals surface area contributed by atoms with E-state index in [0.717, 1.165) is 22.8 Å². The minimum Gasteiger partial charge on any atom is -0.361 e. The molecule has 0 aliphatic carbocycles. The predicted octanol–water partition coefficient (Wildman–Crippen LogP) is 1.67. The summed E-state index contributed by atoms with van der Waals surface area (Å²) in [5.41, 5.74) is 1.85. The lowest BCUT2D eigenvalue weighted by Crippen LogP contribution is -2.49. The van der Waals surface area contributed by atoms with Gasteiger partial charge in [-0.3, -0.25) is 0 Å². The molecule has 0 bridgehead atoms. The van der Waals surface area contributed by atoms with Gasteiger partial charge in [0.25, 0.3) is 0 Å². The van der Waals surface area contributed by atoms with Crippen molar-refractivity contribution >= 4 is 21.7 Å². The Bertz CT molecular complexity index is 873. The van der Waals surface area contributed by atoms with Crippen LogP contribution in [0.1, 0.15) is 11.1 Å². The lowest BCUT2D eigenvalue weighted by molar-refractivity contribution is 0.383. The minimum absolute atomic E-state index is 0.395. The first-order valence-electron chi connectivity index (χ1n) is 8.62. The van der Waals surface area contributed by atoms with Crippen molar-refractivity contribution in [3.8, 4) is 0 Å². The van der Waals surface area contributed by atoms with Gasteiger partial charge < -0.3 is 9.80 Å². The summed E-state index contributed by atoms with van der Waals surface area (Å²) < 4.78 is 27.5. The van der Waals surface area contributed by atoms with E-state index >= 15 is 0 Å². The Kier molecular flexibility index (Phi) is 5.15. The molecule has 1 aliphatic rings. The molecule has 0 saturated carbocycles. The summed E-state index contributed by atoms with van der Waals surface area (Å²) in [7, 11) is 0.365. The number of sulfonamides is 1. The lowest BCUT2D eigenvalue weighted by Gasteiger charge is -2.34. The average molecular weight is 375 g/mol. The SMILES string of the molecule is Cc1ccc(S(=O)(=O)N2CCN(c3ccc(N(C)C)nn3)CC2)c(C)c1. The minimum atomic E-state index is -3.47. The van der Waals surface area contributed by atoms with Gasteiger partial charge in [-0.25, -0.2) is 8.42 Å². The van der Waals surface area contributed by atoms with Gasteiger partial charge in [0.05, 0.1) is 4.90 Å². The van der Waals surface area contributed by atoms with E-state index in [-0.39, 0.29) is 0 Å². The van der Waals surface area contributed by atoms with Gasteiger partial charge in [-0.05, 0) is 37.6 Å². The molecule has 8 heteroatoms. The number of benzene rings is 1. The maximum absolute atomic E-state index is 13.0. The van der Waals surface area contributed by atoms with Crippen LogP contribution in [0.5, 0.6) is 0 Å². The van der Waals surface area contributed by atoms with Crippen molar-refractivity contribution in [3.63, 3.8) is 0 Å². The second kappa shape index (κ2) is 7.20. The molecule has 0 atom stereocenters. The Balaban J connectivity index is 1.71. The second-order valence-corrected chi connectivity index (χ2v) is 8.71. The average Bonchev–Trinajstić information content (AvgIpc) is 2.61. The highest BCUT2D eigenvalue weighted by Crippen LogP contribution is 2.23. The first kappa shape index (κ1) is 18.6. The van der Waals surface area contributed by atoms with Gasteiger partial charge in [-0.15, -0.1) is 10.2 Å². The molecule has 1 aliphatic heterocycles. The van der Waals surface area contributed by atoms with E-state index in [0.29, 0.717) is 31.1 Å². The van der Waals surface area contributed by atoms with Crippen LogP contribution in [0.15, 0.2) is 35.2 Å². The summed E-state index contributed by atoms with van der Waals surface area (Å²) in [5.74, 6) is 1.57. The third kappa shape index (κ3) is 3.66. The highest BCUT2D eigenvalue weighted by Gasteiger charge is 2.30. The van der Waals surface area contributed by atoms with Gasteiger partial charge in [0, 0.05) is 40.3 Å². The molecule has 0 radical (unpaired) electrons. The molecule has 3 rings (SSSR count). The molecular formula is C18H25N5O2S. The molecule has 1 aromatic heterocycles. The van der Waals surface area contributed by atoms with Crippen LogP contribution in [-0.2, 0) is 10.0 Å². The molecule has 140 valence electrons. The Labute approximate surface area is 155 Å². The quantitative estimate of drug-likeness (QED) is 0.810. The van der Waals surface area contributed by atoms with Crippen molar-refractivity contribution in [2.75, 3.05) is 50.1 Å². The lowest BCUT2D eigenvalue weighted by atomic mass is 10.2. The maximum atomic E-state index is 13.0. The maximum Gasteiger partial charge on any atom is 0.243 e. The van der Waals surface area contributed by atoms with E-state index in [9.17, 15) is 8.42 Å². The van der Waals surface area contributed by atoms with Gasteiger partial charge in [0.15, 0.2) is 11.6 Å². The molecule has 7 nitrogen and oxygen atoms in total. The zero-order valence-corrected chi connectivity index (χ0v) is 16.5. The van der Waals surface area contributed by atoms with Crippen LogP contribution in [0.4, 0.5) is 11.6 Å². The topological polar surface area (TPSA) is 69.6 Å². The van der Waals surface area contributed by atoms with Crippen molar-refractivity contribution in [3.05, 3.63) is 41.5 Å². The second-order valence-electron chi connectivity index (χ2n) is 6.80. The van der Waals surface area contributed by atoms with E-state index in [1.165, 1.54) is 0 Å². The molecular weight excluding hydrogens is 350 g/mol. The molecule has 2 aromatic rings. The van der Waals surface area contributed by atoms with Crippen molar-refractivity contribution < 1.29 is 8.42 Å². The van der Waals surface area contributed by atoms with Gasteiger partial charge in [-0.2, -0.15) is 4.31 Å². The summed E-state index contributed by atoms with van der Waals surface area (Å²) in [6.45, 7) is 5.88. The van der Waals surface area contributed by atoms with Gasteiger partial charge in [0.2, 0.25) is 10.0 Å². The fraction of sp³-hybridized carbons (Fsp3) is 0.444. The predicted molar refractivity (Wildman–Crippen MR) is 103 cm³/mol. The monoisotopic (exact) mass is 375 g/mol. The van der Waals surface area contributed by atoms with Gasteiger partial charge in [-0.1, -0.05) is 17.7 Å². The Hall–Kier alpha value is -2.19. The van der Waals surface area contributed by atoms with Gasteiger partial charge >= 0.3 is 0 Å². The van der Waals surface area contributed by atoms with Crippen molar-refractivity contribution in [1.82, 2.24) is 14.5 Å². The smallest absolute Gasteiger partial charge is 0.243 e. The summed E-state index contributed by atoms with van der Waals surface area (Å²) in [4.78, 5) is 4.36. The van der Waals surface area contributed by atoms with Gasteiger partial charge in [0.1, 0.15) is 0 Å². The van der Waals surface area contributed by atoms with Crippen LogP contribution >= 0.6 is 0 Å². The zero-order valence-electron chi connectivity index (χ0n) is 15.7. The zero-order chi connectivity index (χ0) is 18.9. The van der Waals surface area contributed by atoms with Crippen LogP contribution in [0.25, 0.3) is 0 Å². The summed E-state index contributed by atoms with van der Waals surface area (Å²) >= 11 is 0. The normalized spacial score (nSPS) is 15.9. The number of hydrogen-bond donors (Lipinski definition) is 0. The number of rotatable bonds is 4. The molecule has 1 aromatic carbocycles. The Morgan fingerprint density at radius 2 is 1.65 bits per heavy atom. The summed E-state index contributed by atoms with van der Waals surface area (Å²) in [6, 6.07) is 9.30. The molecule has 2 heterocycles. The largest absolute Gasteiger partial charge is 0.361 e. The molecule has 1 fully saturated rings. The van der Waals surface area contributed by atoms with E-state index in [2.05, 4.69) is 15.1 Å². The molecule has 1 saturated heterocycles. The summed E-state index contributed by atoms with van der Waals surface area (Å²) in [6.07, 6.45) is 0. The molecule has 0 N–H and O–H groups in total. The van der Waals surface area contributed by atoms with Crippen molar-refractivity contribution in [2.24, 2.45) is 0 Å². The highest BCUT2D eigenvalue weighted by atomic mass is 32.2. The van der Waals surface area contributed by atoms with E-state index in [1.54, 1.807) is 10.4 Å². The fourth-order valence-electron chi connectivity index (χ4n) is 3.11. The molecule has 0 amide bonds.